The van der Waals surface area contributed by atoms with Crippen LogP contribution in [0.1, 0.15) is 30.1 Å². The highest BCUT2D eigenvalue weighted by molar-refractivity contribution is 7.94. The second-order valence-electron chi connectivity index (χ2n) is 6.08. The quantitative estimate of drug-likeness (QED) is 0.696. The summed E-state index contributed by atoms with van der Waals surface area (Å²) < 4.78 is 32.5. The zero-order chi connectivity index (χ0) is 18.7. The fourth-order valence-corrected chi connectivity index (χ4v) is 4.83. The maximum absolute atomic E-state index is 12.4. The summed E-state index contributed by atoms with van der Waals surface area (Å²) in [5, 5.41) is 14.6. The molecular weight excluding hydrogens is 376 g/mol. The van der Waals surface area contributed by atoms with Crippen molar-refractivity contribution in [2.45, 2.75) is 36.1 Å². The van der Waals surface area contributed by atoms with Crippen LogP contribution in [0.25, 0.3) is 0 Å². The number of rotatable bonds is 6. The van der Waals surface area contributed by atoms with E-state index in [0.29, 0.717) is 6.61 Å². The van der Waals surface area contributed by atoms with E-state index in [9.17, 15) is 18.3 Å². The molecule has 1 aromatic heterocycles. The van der Waals surface area contributed by atoms with Gasteiger partial charge in [0, 0.05) is 12.7 Å². The van der Waals surface area contributed by atoms with Crippen LogP contribution in [0.3, 0.4) is 0 Å². The number of hydrogen-bond acceptors (Lipinski definition) is 6. The first-order valence-electron chi connectivity index (χ1n) is 8.18. The fourth-order valence-electron chi connectivity index (χ4n) is 2.78. The third kappa shape index (κ3) is 4.17. The summed E-state index contributed by atoms with van der Waals surface area (Å²) >= 11 is 1.09. The molecule has 2 atom stereocenters. The van der Waals surface area contributed by atoms with Crippen LogP contribution in [0, 0.1) is 0 Å². The largest absolute Gasteiger partial charge is 0.507 e. The number of carbonyl (C=O) groups is 1. The number of carbonyl (C=O) groups excluding carboxylic acids is 1. The zero-order valence-electron chi connectivity index (χ0n) is 14.1. The van der Waals surface area contributed by atoms with Crippen LogP contribution in [0.15, 0.2) is 39.9 Å². The van der Waals surface area contributed by atoms with Gasteiger partial charge in [-0.15, -0.1) is 11.3 Å². The SMILES string of the molecule is C[C@H](NC(=O)c1ccc(NS(=O)(=O)c2cccs2)cc1O)[C@H]1CCCO1. The minimum absolute atomic E-state index is 0.0297. The molecule has 0 spiro atoms. The van der Waals surface area contributed by atoms with Gasteiger partial charge in [0.25, 0.3) is 15.9 Å². The van der Waals surface area contributed by atoms with Gasteiger partial charge in [0.05, 0.1) is 23.4 Å². The van der Waals surface area contributed by atoms with Crippen LogP contribution in [-0.4, -0.2) is 38.2 Å². The Morgan fingerprint density at radius 1 is 1.38 bits per heavy atom. The summed E-state index contributed by atoms with van der Waals surface area (Å²) in [7, 11) is -3.71. The van der Waals surface area contributed by atoms with Crippen LogP contribution >= 0.6 is 11.3 Å². The molecule has 3 N–H and O–H groups in total. The number of phenols is 1. The molecule has 1 aromatic carbocycles. The summed E-state index contributed by atoms with van der Waals surface area (Å²) in [4.78, 5) is 12.4. The Kier molecular flexibility index (Phi) is 5.49. The minimum Gasteiger partial charge on any atom is -0.507 e. The van der Waals surface area contributed by atoms with E-state index in [-0.39, 0.29) is 33.4 Å². The van der Waals surface area contributed by atoms with Crippen molar-refractivity contribution < 1.29 is 23.1 Å². The molecule has 0 bridgehead atoms. The summed E-state index contributed by atoms with van der Waals surface area (Å²) in [5.41, 5.74) is 0.258. The Labute approximate surface area is 156 Å². The summed E-state index contributed by atoms with van der Waals surface area (Å²) in [5.74, 6) is -0.730. The number of benzene rings is 1. The monoisotopic (exact) mass is 396 g/mol. The van der Waals surface area contributed by atoms with Crippen molar-refractivity contribution in [1.82, 2.24) is 5.32 Å². The molecule has 7 nitrogen and oxygen atoms in total. The highest BCUT2D eigenvalue weighted by Gasteiger charge is 2.25. The Morgan fingerprint density at radius 2 is 2.19 bits per heavy atom. The smallest absolute Gasteiger partial charge is 0.271 e. The number of hydrogen-bond donors (Lipinski definition) is 3. The minimum atomic E-state index is -3.71. The van der Waals surface area contributed by atoms with Crippen LogP contribution in [0.5, 0.6) is 5.75 Å². The first kappa shape index (κ1) is 18.7. The molecule has 0 unspecified atom stereocenters. The van der Waals surface area contributed by atoms with Crippen LogP contribution < -0.4 is 10.0 Å². The number of thiophene rings is 1. The number of phenolic OH excluding ortho intramolecular Hbond substituents is 1. The van der Waals surface area contributed by atoms with E-state index in [1.54, 1.807) is 11.4 Å². The Hall–Kier alpha value is -2.10. The maximum Gasteiger partial charge on any atom is 0.271 e. The van der Waals surface area contributed by atoms with Gasteiger partial charge in [-0.25, -0.2) is 8.42 Å². The van der Waals surface area contributed by atoms with Crippen molar-refractivity contribution in [3.05, 3.63) is 41.3 Å². The van der Waals surface area contributed by atoms with E-state index >= 15 is 0 Å². The average Bonchev–Trinajstić information content (AvgIpc) is 3.28. The van der Waals surface area contributed by atoms with E-state index < -0.39 is 15.9 Å². The molecule has 1 fully saturated rings. The van der Waals surface area contributed by atoms with Crippen molar-refractivity contribution in [3.63, 3.8) is 0 Å². The Morgan fingerprint density at radius 3 is 2.81 bits per heavy atom. The van der Waals surface area contributed by atoms with Crippen molar-refractivity contribution in [2.75, 3.05) is 11.3 Å². The van der Waals surface area contributed by atoms with Gasteiger partial charge in [-0.3, -0.25) is 9.52 Å². The van der Waals surface area contributed by atoms with Gasteiger partial charge >= 0.3 is 0 Å². The molecular formula is C17H20N2O5S2. The molecule has 0 saturated carbocycles. The van der Waals surface area contributed by atoms with E-state index in [0.717, 1.165) is 24.2 Å². The zero-order valence-corrected chi connectivity index (χ0v) is 15.8. The highest BCUT2D eigenvalue weighted by Crippen LogP contribution is 2.26. The predicted molar refractivity (Wildman–Crippen MR) is 99.1 cm³/mol. The number of anilines is 1. The molecule has 2 heterocycles. The van der Waals surface area contributed by atoms with Crippen LogP contribution in [0.2, 0.25) is 0 Å². The van der Waals surface area contributed by atoms with Gasteiger partial charge in [-0.1, -0.05) is 6.07 Å². The lowest BCUT2D eigenvalue weighted by atomic mass is 10.1. The lowest BCUT2D eigenvalue weighted by Gasteiger charge is -2.20. The van der Waals surface area contributed by atoms with Crippen molar-refractivity contribution in [3.8, 4) is 5.75 Å². The molecule has 3 rings (SSSR count). The van der Waals surface area contributed by atoms with Gasteiger partial charge in [0.2, 0.25) is 0 Å². The van der Waals surface area contributed by atoms with Crippen LogP contribution in [-0.2, 0) is 14.8 Å². The number of sulfonamides is 1. The van der Waals surface area contributed by atoms with Crippen molar-refractivity contribution in [1.29, 1.82) is 0 Å². The number of amides is 1. The normalized spacial score (nSPS) is 18.4. The summed E-state index contributed by atoms with van der Waals surface area (Å²) in [6.45, 7) is 2.55. The molecule has 1 amide bonds. The maximum atomic E-state index is 12.4. The Balaban J connectivity index is 1.70. The second-order valence-corrected chi connectivity index (χ2v) is 8.94. The molecule has 2 aromatic rings. The van der Waals surface area contributed by atoms with E-state index in [2.05, 4.69) is 10.0 Å². The average molecular weight is 396 g/mol. The standard InChI is InChI=1S/C17H20N2O5S2/c1-11(15-4-2-8-24-15)18-17(21)13-7-6-12(10-14(13)20)19-26(22,23)16-5-3-9-25-16/h3,5-7,9-11,15,19-20H,2,4,8H2,1H3,(H,18,21)/t11-,15+/m0/s1. The number of ether oxygens (including phenoxy) is 1. The highest BCUT2D eigenvalue weighted by atomic mass is 32.2. The number of nitrogens with one attached hydrogen (secondary N) is 2. The van der Waals surface area contributed by atoms with Gasteiger partial charge in [0.15, 0.2) is 0 Å². The Bertz CT molecular complexity index is 875. The lowest BCUT2D eigenvalue weighted by Crippen LogP contribution is -2.40. The molecule has 0 aliphatic carbocycles. The predicted octanol–water partition coefficient (Wildman–Crippen LogP) is 2.55. The van der Waals surface area contributed by atoms with Crippen molar-refractivity contribution >= 4 is 33.0 Å². The summed E-state index contributed by atoms with van der Waals surface area (Å²) in [6, 6.07) is 6.99. The first-order valence-corrected chi connectivity index (χ1v) is 10.5. The molecule has 1 saturated heterocycles. The van der Waals surface area contributed by atoms with E-state index in [1.165, 1.54) is 24.3 Å². The van der Waals surface area contributed by atoms with Gasteiger partial charge in [-0.2, -0.15) is 0 Å². The fraction of sp³-hybridized carbons (Fsp3) is 0.353. The number of aromatic hydroxyl groups is 1. The third-order valence-corrected chi connectivity index (χ3v) is 6.91. The lowest BCUT2D eigenvalue weighted by molar-refractivity contribution is 0.0711. The van der Waals surface area contributed by atoms with Crippen LogP contribution in [0.4, 0.5) is 5.69 Å². The van der Waals surface area contributed by atoms with E-state index in [1.807, 2.05) is 6.92 Å². The first-order chi connectivity index (χ1) is 12.4. The second kappa shape index (κ2) is 7.65. The van der Waals surface area contributed by atoms with Gasteiger partial charge < -0.3 is 15.2 Å². The molecule has 9 heteroatoms. The van der Waals surface area contributed by atoms with E-state index in [4.69, 9.17) is 4.74 Å². The van der Waals surface area contributed by atoms with Gasteiger partial charge in [0.1, 0.15) is 9.96 Å². The topological polar surface area (TPSA) is 105 Å². The molecule has 1 aliphatic heterocycles. The summed E-state index contributed by atoms with van der Waals surface area (Å²) in [6.07, 6.45) is 1.82. The molecule has 140 valence electrons. The van der Waals surface area contributed by atoms with Gasteiger partial charge in [-0.05, 0) is 43.3 Å². The molecule has 1 aliphatic rings. The van der Waals surface area contributed by atoms with Crippen molar-refractivity contribution in [2.24, 2.45) is 0 Å². The third-order valence-electron chi connectivity index (χ3n) is 4.14. The molecule has 26 heavy (non-hydrogen) atoms. The molecule has 0 radical (unpaired) electrons.